The minimum atomic E-state index is -0.780. The molecule has 4 saturated carbocycles. The second-order valence-corrected chi connectivity index (χ2v) is 16.6. The van der Waals surface area contributed by atoms with Crippen LogP contribution in [0, 0.1) is 46.3 Å². The van der Waals surface area contributed by atoms with Crippen molar-refractivity contribution >= 4 is 23.4 Å². The fraction of sp³-hybridized carbons (Fsp3) is 0.900. The fourth-order valence-electron chi connectivity index (χ4n) is 10.7. The van der Waals surface area contributed by atoms with Crippen LogP contribution < -0.4 is 5.32 Å². The third-order valence-electron chi connectivity index (χ3n) is 13.6. The normalized spacial score (nSPS) is 34.5. The lowest BCUT2D eigenvalue weighted by Gasteiger charge is -2.63. The summed E-state index contributed by atoms with van der Waals surface area (Å²) in [5.74, 6) is 0.145. The summed E-state index contributed by atoms with van der Waals surface area (Å²) < 4.78 is 22.1. The molecule has 4 fully saturated rings. The van der Waals surface area contributed by atoms with E-state index in [1.807, 2.05) is 6.92 Å². The molecular formula is C40H67NO11. The molecule has 0 saturated heterocycles. The van der Waals surface area contributed by atoms with Crippen LogP contribution in [0.25, 0.3) is 0 Å². The zero-order valence-corrected chi connectivity index (χ0v) is 32.2. The second-order valence-electron chi connectivity index (χ2n) is 16.6. The Kier molecular flexibility index (Phi) is 16.5. The van der Waals surface area contributed by atoms with E-state index in [2.05, 4.69) is 26.1 Å². The molecule has 0 spiro atoms. The van der Waals surface area contributed by atoms with Gasteiger partial charge in [-0.1, -0.05) is 20.8 Å². The van der Waals surface area contributed by atoms with Crippen molar-refractivity contribution in [3.8, 4) is 0 Å². The number of nitrogens with one attached hydrogen (secondary N) is 1. The first kappa shape index (κ1) is 42.8. The molecule has 4 aliphatic carbocycles. The molecule has 0 heterocycles. The molecule has 12 heteroatoms. The summed E-state index contributed by atoms with van der Waals surface area (Å²) >= 11 is 0. The first-order valence-corrected chi connectivity index (χ1v) is 20.0. The minimum Gasteiger partial charge on any atom is -0.481 e. The highest BCUT2D eigenvalue weighted by molar-refractivity contribution is 5.85. The number of ether oxygens (including phenoxy) is 4. The summed E-state index contributed by atoms with van der Waals surface area (Å²) in [6.45, 7) is 11.1. The maximum absolute atomic E-state index is 12.6. The molecule has 4 aliphatic rings. The van der Waals surface area contributed by atoms with Gasteiger partial charge in [-0.05, 0) is 111 Å². The van der Waals surface area contributed by atoms with Crippen LogP contribution in [0.2, 0.25) is 0 Å². The van der Waals surface area contributed by atoms with Crippen LogP contribution in [0.1, 0.15) is 111 Å². The van der Waals surface area contributed by atoms with Gasteiger partial charge in [-0.2, -0.15) is 0 Å². The molecule has 12 nitrogen and oxygen atoms in total. The van der Waals surface area contributed by atoms with Crippen LogP contribution in [0.3, 0.4) is 0 Å². The highest BCUT2D eigenvalue weighted by Gasteiger charge is 2.65. The Bertz CT molecular complexity index is 1180. The van der Waals surface area contributed by atoms with Gasteiger partial charge in [-0.25, -0.2) is 0 Å². The zero-order valence-electron chi connectivity index (χ0n) is 32.2. The SMILES string of the molecule is CCOCCCC(=O)COCCOCCNC(=O)CCC(=O)CO[C@H]1CC[C@@]2(C)[C@@H](C1)C[C@@H](O)[C@H]1C3CC[C@H]([C@H](C)CCC(=O)O)[C@@]3(C)[C@@H](O)C[C@@H]12. The van der Waals surface area contributed by atoms with Crippen molar-refractivity contribution in [3.63, 3.8) is 0 Å². The Morgan fingerprint density at radius 3 is 2.33 bits per heavy atom. The lowest BCUT2D eigenvalue weighted by atomic mass is 9.43. The highest BCUT2D eigenvalue weighted by atomic mass is 16.5. The summed E-state index contributed by atoms with van der Waals surface area (Å²) in [6, 6.07) is 0. The number of carboxylic acids is 1. The van der Waals surface area contributed by atoms with Gasteiger partial charge in [0.25, 0.3) is 0 Å². The van der Waals surface area contributed by atoms with Gasteiger partial charge in [0.2, 0.25) is 5.91 Å². The van der Waals surface area contributed by atoms with Crippen molar-refractivity contribution in [3.05, 3.63) is 0 Å². The summed E-state index contributed by atoms with van der Waals surface area (Å²) in [5.41, 5.74) is -0.349. The van der Waals surface area contributed by atoms with Crippen molar-refractivity contribution in [1.82, 2.24) is 5.32 Å². The monoisotopic (exact) mass is 737 g/mol. The quantitative estimate of drug-likeness (QED) is 0.110. The van der Waals surface area contributed by atoms with E-state index in [1.165, 1.54) is 0 Å². The number of ketones is 2. The number of amides is 1. The number of aliphatic hydroxyl groups is 2. The molecule has 0 aromatic carbocycles. The van der Waals surface area contributed by atoms with Gasteiger partial charge < -0.3 is 39.6 Å². The largest absolute Gasteiger partial charge is 0.481 e. The molecule has 1 unspecified atom stereocenters. The third-order valence-corrected chi connectivity index (χ3v) is 13.6. The number of hydrogen-bond acceptors (Lipinski definition) is 10. The Morgan fingerprint density at radius 1 is 0.827 bits per heavy atom. The summed E-state index contributed by atoms with van der Waals surface area (Å²) in [5, 5.41) is 35.5. The van der Waals surface area contributed by atoms with Gasteiger partial charge in [0.15, 0.2) is 11.6 Å². The molecular weight excluding hydrogens is 670 g/mol. The Morgan fingerprint density at radius 2 is 1.58 bits per heavy atom. The van der Waals surface area contributed by atoms with Crippen molar-refractivity contribution in [2.75, 3.05) is 52.8 Å². The van der Waals surface area contributed by atoms with E-state index in [-0.39, 0.29) is 102 Å². The Labute approximate surface area is 310 Å². The van der Waals surface area contributed by atoms with Crippen LogP contribution in [0.5, 0.6) is 0 Å². The molecule has 52 heavy (non-hydrogen) atoms. The molecule has 0 bridgehead atoms. The van der Waals surface area contributed by atoms with Crippen LogP contribution in [0.15, 0.2) is 0 Å². The highest BCUT2D eigenvalue weighted by Crippen LogP contribution is 2.68. The third kappa shape index (κ3) is 10.8. The summed E-state index contributed by atoms with van der Waals surface area (Å²) in [7, 11) is 0. The minimum absolute atomic E-state index is 0.0271. The lowest BCUT2D eigenvalue weighted by Crippen LogP contribution is -2.62. The maximum Gasteiger partial charge on any atom is 0.303 e. The van der Waals surface area contributed by atoms with Crippen molar-refractivity contribution in [2.45, 2.75) is 129 Å². The van der Waals surface area contributed by atoms with E-state index < -0.39 is 18.2 Å². The van der Waals surface area contributed by atoms with Gasteiger partial charge in [-0.3, -0.25) is 19.2 Å². The van der Waals surface area contributed by atoms with Crippen LogP contribution in [0.4, 0.5) is 0 Å². The van der Waals surface area contributed by atoms with E-state index in [4.69, 9.17) is 18.9 Å². The van der Waals surface area contributed by atoms with Gasteiger partial charge in [0.1, 0.15) is 13.2 Å². The number of fused-ring (bicyclic) bond motifs is 5. The van der Waals surface area contributed by atoms with Gasteiger partial charge >= 0.3 is 5.97 Å². The number of aliphatic hydroxyl groups excluding tert-OH is 2. The predicted molar refractivity (Wildman–Crippen MR) is 193 cm³/mol. The fourth-order valence-corrected chi connectivity index (χ4v) is 10.7. The molecule has 298 valence electrons. The van der Waals surface area contributed by atoms with Crippen molar-refractivity contribution in [1.29, 1.82) is 0 Å². The van der Waals surface area contributed by atoms with Gasteiger partial charge in [-0.15, -0.1) is 0 Å². The summed E-state index contributed by atoms with van der Waals surface area (Å²) in [6.07, 6.45) is 6.83. The molecule has 0 aliphatic heterocycles. The number of carbonyl (C=O) groups excluding carboxylic acids is 3. The number of carboxylic acid groups (broad SMARTS) is 1. The number of aliphatic carboxylic acids is 1. The van der Waals surface area contributed by atoms with Crippen LogP contribution >= 0.6 is 0 Å². The Hall–Kier alpha value is -1.96. The molecule has 4 rings (SSSR count). The van der Waals surface area contributed by atoms with Gasteiger partial charge in [0.05, 0.1) is 38.1 Å². The smallest absolute Gasteiger partial charge is 0.303 e. The molecule has 1 amide bonds. The number of carbonyl (C=O) groups is 4. The number of hydrogen-bond donors (Lipinski definition) is 4. The number of rotatable bonds is 23. The Balaban J connectivity index is 1.12. The van der Waals surface area contributed by atoms with Gasteiger partial charge in [0, 0.05) is 45.4 Å². The van der Waals surface area contributed by atoms with E-state index in [0.29, 0.717) is 71.7 Å². The van der Waals surface area contributed by atoms with Crippen molar-refractivity contribution in [2.24, 2.45) is 46.3 Å². The van der Waals surface area contributed by atoms with E-state index in [0.717, 1.165) is 32.1 Å². The topological polar surface area (TPSA) is 178 Å². The molecule has 0 radical (unpaired) electrons. The van der Waals surface area contributed by atoms with E-state index in [9.17, 15) is 34.5 Å². The molecule has 0 aromatic heterocycles. The number of Topliss-reactive ketones (excluding diaryl/α,β-unsaturated/α-hetero) is 2. The molecule has 0 aromatic rings. The first-order valence-electron chi connectivity index (χ1n) is 20.0. The predicted octanol–water partition coefficient (Wildman–Crippen LogP) is 4.36. The van der Waals surface area contributed by atoms with Crippen LogP contribution in [-0.2, 0) is 38.1 Å². The average molecular weight is 738 g/mol. The second kappa shape index (κ2) is 20.1. The maximum atomic E-state index is 12.6. The summed E-state index contributed by atoms with van der Waals surface area (Å²) in [4.78, 5) is 47.9. The van der Waals surface area contributed by atoms with Crippen molar-refractivity contribution < 1.29 is 53.4 Å². The first-order chi connectivity index (χ1) is 24.8. The van der Waals surface area contributed by atoms with Crippen LogP contribution in [-0.4, -0.2) is 110 Å². The zero-order chi connectivity index (χ0) is 37.9. The average Bonchev–Trinajstić information content (AvgIpc) is 3.47. The van der Waals surface area contributed by atoms with E-state index in [1.54, 1.807) is 0 Å². The lowest BCUT2D eigenvalue weighted by molar-refractivity contribution is -0.209. The molecule has 11 atom stereocenters. The standard InChI is InChI=1S/C40H67NO11/c1-5-49-17-6-7-28(42)24-51-20-19-50-18-16-41-36(46)12-9-29(43)25-52-30-14-15-39(3)27(21-30)22-34(44)38-32-11-10-31(26(2)8-13-37(47)48)40(32,4)35(45)23-33(38)39/h26-27,30-35,38,44-45H,5-25H2,1-4H3,(H,41,46)(H,47,48)/t26-,27+,30+,31-,32?,33+,34-,35+,38+,39+,40-/m1/s1. The van der Waals surface area contributed by atoms with E-state index >= 15 is 0 Å². The molecule has 4 N–H and O–H groups in total.